The summed E-state index contributed by atoms with van der Waals surface area (Å²) in [5, 5.41) is 3.10. The Morgan fingerprint density at radius 3 is 2.86 bits per heavy atom. The molecule has 3 aliphatic heterocycles. The first-order chi connectivity index (χ1) is 17.2. The van der Waals surface area contributed by atoms with Gasteiger partial charge in [0.05, 0.1) is 31.6 Å². The monoisotopic (exact) mass is 492 g/mol. The van der Waals surface area contributed by atoms with Crippen LogP contribution in [0.25, 0.3) is 16.0 Å². The van der Waals surface area contributed by atoms with Gasteiger partial charge in [0.1, 0.15) is 0 Å². The number of nitrogens with one attached hydrogen (secondary N) is 1. The van der Waals surface area contributed by atoms with Gasteiger partial charge in [0.15, 0.2) is 0 Å². The van der Waals surface area contributed by atoms with E-state index in [9.17, 15) is 4.79 Å². The molecule has 8 heteroatoms. The zero-order valence-corrected chi connectivity index (χ0v) is 20.8. The van der Waals surface area contributed by atoms with Crippen LogP contribution in [0.3, 0.4) is 0 Å². The second kappa shape index (κ2) is 10.2. The minimum Gasteiger partial charge on any atom is -0.379 e. The fraction of sp³-hybridized carbons (Fsp3) is 0.481. The van der Waals surface area contributed by atoms with Crippen LogP contribution in [0.4, 0.5) is 4.79 Å². The van der Waals surface area contributed by atoms with Crippen molar-refractivity contribution in [2.75, 3.05) is 52.6 Å². The van der Waals surface area contributed by atoms with Crippen molar-refractivity contribution in [3.8, 4) is 10.4 Å². The van der Waals surface area contributed by atoms with Gasteiger partial charge in [0.25, 0.3) is 0 Å². The van der Waals surface area contributed by atoms with Gasteiger partial charge in [-0.2, -0.15) is 0 Å². The van der Waals surface area contributed by atoms with Gasteiger partial charge in [-0.3, -0.25) is 9.88 Å². The van der Waals surface area contributed by atoms with Crippen LogP contribution in [0.15, 0.2) is 42.1 Å². The Balaban J connectivity index is 1.13. The molecule has 0 spiro atoms. The van der Waals surface area contributed by atoms with Crippen molar-refractivity contribution >= 4 is 22.9 Å². The highest BCUT2D eigenvalue weighted by molar-refractivity contribution is 7.15. The predicted molar refractivity (Wildman–Crippen MR) is 137 cm³/mol. The lowest BCUT2D eigenvalue weighted by Crippen LogP contribution is -2.46. The number of allylic oxidation sites excluding steroid dienone is 2. The number of hydrogen-bond acceptors (Lipinski definition) is 6. The number of rotatable bonds is 5. The molecule has 0 radical (unpaired) electrons. The largest absolute Gasteiger partial charge is 0.379 e. The summed E-state index contributed by atoms with van der Waals surface area (Å²) in [7, 11) is 0. The van der Waals surface area contributed by atoms with Crippen molar-refractivity contribution in [3.63, 3.8) is 0 Å². The van der Waals surface area contributed by atoms with E-state index in [4.69, 9.17) is 14.5 Å². The van der Waals surface area contributed by atoms with Gasteiger partial charge in [-0.25, -0.2) is 4.79 Å². The number of ether oxygens (including phenoxy) is 2. The molecule has 4 aliphatic rings. The van der Waals surface area contributed by atoms with Gasteiger partial charge in [-0.1, -0.05) is 12.2 Å². The molecule has 0 saturated carbocycles. The molecular formula is C27H32N4O3S. The highest BCUT2D eigenvalue weighted by atomic mass is 32.1. The van der Waals surface area contributed by atoms with Crippen LogP contribution >= 0.6 is 11.3 Å². The second-order valence-corrected chi connectivity index (χ2v) is 10.8. The Labute approximate surface area is 210 Å². The zero-order valence-electron chi connectivity index (χ0n) is 20.0. The van der Waals surface area contributed by atoms with Crippen LogP contribution < -0.4 is 5.32 Å². The standard InChI is InChI=1S/C27H32N4O3S/c32-27(29-21-7-12-34-18-21)31-8-5-19(6-9-31)23-2-3-25-24(23)15-20(16-28-25)26-4-1-22(35-26)17-30-10-13-33-14-11-30/h1-2,4-5,15-16,21H,3,6-14,17-18H2,(H,29,32). The Hall–Kier alpha value is -2.52. The van der Waals surface area contributed by atoms with Crippen LogP contribution in [0.1, 0.15) is 29.0 Å². The van der Waals surface area contributed by atoms with Crippen molar-refractivity contribution in [1.29, 1.82) is 0 Å². The van der Waals surface area contributed by atoms with Gasteiger partial charge >= 0.3 is 6.03 Å². The van der Waals surface area contributed by atoms with Crippen LogP contribution in [0.5, 0.6) is 0 Å². The van der Waals surface area contributed by atoms with Crippen LogP contribution in [-0.4, -0.2) is 79.5 Å². The molecule has 1 atom stereocenters. The second-order valence-electron chi connectivity index (χ2n) is 9.63. The SMILES string of the molecule is O=C(NC1CCOC1)N1CC=C(C2=CCc3ncc(-c4ccc(CN5CCOCC5)s4)cc32)CC1. The summed E-state index contributed by atoms with van der Waals surface area (Å²) in [5.41, 5.74) is 6.21. The van der Waals surface area contributed by atoms with Crippen LogP contribution in [-0.2, 0) is 22.4 Å². The van der Waals surface area contributed by atoms with Gasteiger partial charge in [-0.05, 0) is 42.2 Å². The number of morpholine rings is 1. The molecule has 6 rings (SSSR count). The molecule has 5 heterocycles. The van der Waals surface area contributed by atoms with E-state index in [1.54, 1.807) is 0 Å². The molecule has 1 unspecified atom stereocenters. The summed E-state index contributed by atoms with van der Waals surface area (Å²) >= 11 is 1.86. The molecule has 184 valence electrons. The molecule has 7 nitrogen and oxygen atoms in total. The van der Waals surface area contributed by atoms with E-state index in [0.29, 0.717) is 13.2 Å². The molecule has 2 aromatic rings. The number of nitrogens with zero attached hydrogens (tertiary/aromatic N) is 3. The maximum Gasteiger partial charge on any atom is 0.317 e. The molecule has 35 heavy (non-hydrogen) atoms. The Morgan fingerprint density at radius 1 is 1.14 bits per heavy atom. The number of aromatic nitrogens is 1. The summed E-state index contributed by atoms with van der Waals surface area (Å²) in [5.74, 6) is 0. The van der Waals surface area contributed by atoms with Crippen molar-refractivity contribution in [1.82, 2.24) is 20.1 Å². The van der Waals surface area contributed by atoms with Crippen molar-refractivity contribution in [3.05, 3.63) is 58.3 Å². The van der Waals surface area contributed by atoms with Gasteiger partial charge < -0.3 is 19.7 Å². The van der Waals surface area contributed by atoms with Crippen molar-refractivity contribution in [2.24, 2.45) is 0 Å². The molecule has 2 aromatic heterocycles. The maximum absolute atomic E-state index is 12.6. The third-order valence-corrected chi connectivity index (χ3v) is 8.41. The van der Waals surface area contributed by atoms with Crippen molar-refractivity contribution in [2.45, 2.75) is 31.8 Å². The highest BCUT2D eigenvalue weighted by Gasteiger charge is 2.26. The normalized spacial score (nSPS) is 22.6. The Bertz CT molecular complexity index is 1150. The zero-order chi connectivity index (χ0) is 23.6. The molecule has 2 saturated heterocycles. The molecule has 1 N–H and O–H groups in total. The smallest absolute Gasteiger partial charge is 0.317 e. The van der Waals surface area contributed by atoms with Gasteiger partial charge in [0, 0.05) is 72.8 Å². The molecular weight excluding hydrogens is 460 g/mol. The molecule has 0 bridgehead atoms. The minimum atomic E-state index is 0.0196. The van der Waals surface area contributed by atoms with E-state index >= 15 is 0 Å². The summed E-state index contributed by atoms with van der Waals surface area (Å²) < 4.78 is 10.9. The number of pyridine rings is 1. The number of urea groups is 1. The lowest BCUT2D eigenvalue weighted by atomic mass is 9.95. The van der Waals surface area contributed by atoms with E-state index in [0.717, 1.165) is 71.0 Å². The number of amides is 2. The Kier molecular flexibility index (Phi) is 6.69. The first-order valence-electron chi connectivity index (χ1n) is 12.6. The average Bonchev–Trinajstić information content (AvgIpc) is 3.66. The number of carbonyl (C=O) groups excluding carboxylic acids is 1. The fourth-order valence-corrected chi connectivity index (χ4v) is 6.28. The molecule has 1 aliphatic carbocycles. The van der Waals surface area contributed by atoms with E-state index in [-0.39, 0.29) is 12.1 Å². The molecule has 0 aromatic carbocycles. The topological polar surface area (TPSA) is 66.9 Å². The fourth-order valence-electron chi connectivity index (χ4n) is 5.25. The van der Waals surface area contributed by atoms with Crippen LogP contribution in [0.2, 0.25) is 0 Å². The van der Waals surface area contributed by atoms with E-state index in [1.807, 2.05) is 22.4 Å². The lowest BCUT2D eigenvalue weighted by molar-refractivity contribution is 0.0346. The number of thiophene rings is 1. The van der Waals surface area contributed by atoms with Gasteiger partial charge in [0.2, 0.25) is 0 Å². The minimum absolute atomic E-state index is 0.0196. The first-order valence-corrected chi connectivity index (χ1v) is 13.5. The van der Waals surface area contributed by atoms with E-state index in [1.165, 1.54) is 32.0 Å². The lowest BCUT2D eigenvalue weighted by Gasteiger charge is -2.28. The third-order valence-electron chi connectivity index (χ3n) is 7.29. The predicted octanol–water partition coefficient (Wildman–Crippen LogP) is 3.71. The van der Waals surface area contributed by atoms with Crippen LogP contribution in [0, 0.1) is 0 Å². The average molecular weight is 493 g/mol. The maximum atomic E-state index is 12.6. The van der Waals surface area contributed by atoms with E-state index in [2.05, 4.69) is 40.6 Å². The third kappa shape index (κ3) is 5.07. The van der Waals surface area contributed by atoms with Crippen molar-refractivity contribution < 1.29 is 14.3 Å². The number of hydrogen-bond donors (Lipinski definition) is 1. The van der Waals surface area contributed by atoms with E-state index < -0.39 is 0 Å². The molecule has 2 fully saturated rings. The molecule has 2 amide bonds. The summed E-state index contributed by atoms with van der Waals surface area (Å²) in [6.07, 6.45) is 9.19. The summed E-state index contributed by atoms with van der Waals surface area (Å²) in [4.78, 5) is 24.4. The number of fused-ring (bicyclic) bond motifs is 1. The quantitative estimate of drug-likeness (QED) is 0.689. The Morgan fingerprint density at radius 2 is 2.06 bits per heavy atom. The first kappa shape index (κ1) is 22.9. The number of carbonyl (C=O) groups is 1. The van der Waals surface area contributed by atoms with Gasteiger partial charge in [-0.15, -0.1) is 11.3 Å². The summed E-state index contributed by atoms with van der Waals surface area (Å²) in [6.45, 7) is 7.40. The highest BCUT2D eigenvalue weighted by Crippen LogP contribution is 2.38. The summed E-state index contributed by atoms with van der Waals surface area (Å²) in [6, 6.07) is 6.96.